The Balaban J connectivity index is 2.02. The molecular weight excluding hydrogens is 208 g/mol. The van der Waals surface area contributed by atoms with Crippen molar-refractivity contribution in [2.24, 2.45) is 5.92 Å². The molecule has 1 aliphatic rings. The molecule has 17 heavy (non-hydrogen) atoms. The third-order valence-corrected chi connectivity index (χ3v) is 3.89. The summed E-state index contributed by atoms with van der Waals surface area (Å²) < 4.78 is 0. The van der Waals surface area contributed by atoms with Gasteiger partial charge in [0.25, 0.3) is 0 Å². The summed E-state index contributed by atoms with van der Waals surface area (Å²) in [4.78, 5) is 2.40. The second-order valence-corrected chi connectivity index (χ2v) is 5.32. The summed E-state index contributed by atoms with van der Waals surface area (Å²) in [5, 5.41) is 3.21. The van der Waals surface area contributed by atoms with E-state index in [2.05, 4.69) is 42.4 Å². The van der Waals surface area contributed by atoms with E-state index in [0.29, 0.717) is 0 Å². The van der Waals surface area contributed by atoms with Crippen molar-refractivity contribution in [3.05, 3.63) is 29.3 Å². The van der Waals surface area contributed by atoms with Crippen molar-refractivity contribution in [2.75, 3.05) is 25.5 Å². The fourth-order valence-corrected chi connectivity index (χ4v) is 2.47. The lowest BCUT2D eigenvalue weighted by molar-refractivity contribution is 0.321. The second-order valence-electron chi connectivity index (χ2n) is 5.32. The van der Waals surface area contributed by atoms with Crippen LogP contribution in [0.25, 0.3) is 0 Å². The van der Waals surface area contributed by atoms with Gasteiger partial charge in [0.15, 0.2) is 0 Å². The fourth-order valence-electron chi connectivity index (χ4n) is 2.47. The van der Waals surface area contributed by atoms with Gasteiger partial charge >= 0.3 is 0 Å². The molecule has 1 N–H and O–H groups in total. The van der Waals surface area contributed by atoms with Crippen LogP contribution in [0.5, 0.6) is 0 Å². The summed E-state index contributed by atoms with van der Waals surface area (Å²) in [6.45, 7) is 4.37. The van der Waals surface area contributed by atoms with E-state index in [-0.39, 0.29) is 0 Å². The summed E-state index contributed by atoms with van der Waals surface area (Å²) in [5.41, 5.74) is 4.14. The lowest BCUT2D eigenvalue weighted by Crippen LogP contribution is -2.29. The molecule has 0 unspecified atom stereocenters. The highest BCUT2D eigenvalue weighted by Crippen LogP contribution is 2.28. The van der Waals surface area contributed by atoms with E-state index in [1.54, 1.807) is 0 Å². The molecule has 1 fully saturated rings. The van der Waals surface area contributed by atoms with E-state index in [1.165, 1.54) is 42.6 Å². The normalized spacial score (nSPS) is 15.7. The lowest BCUT2D eigenvalue weighted by Gasteiger charge is -2.31. The minimum atomic E-state index is 0.928. The Morgan fingerprint density at radius 3 is 2.65 bits per heavy atom. The van der Waals surface area contributed by atoms with Crippen LogP contribution in [-0.4, -0.2) is 20.6 Å². The Labute approximate surface area is 105 Å². The quantitative estimate of drug-likeness (QED) is 0.839. The van der Waals surface area contributed by atoms with Crippen molar-refractivity contribution in [2.45, 2.75) is 32.7 Å². The zero-order valence-corrected chi connectivity index (χ0v) is 11.3. The zero-order valence-electron chi connectivity index (χ0n) is 11.3. The molecule has 1 aromatic rings. The van der Waals surface area contributed by atoms with Crippen LogP contribution >= 0.6 is 0 Å². The van der Waals surface area contributed by atoms with Crippen LogP contribution in [0.4, 0.5) is 5.69 Å². The van der Waals surface area contributed by atoms with Gasteiger partial charge in [0.2, 0.25) is 0 Å². The third-order valence-electron chi connectivity index (χ3n) is 3.89. The molecule has 0 atom stereocenters. The zero-order chi connectivity index (χ0) is 12.3. The van der Waals surface area contributed by atoms with Crippen LogP contribution in [0.2, 0.25) is 0 Å². The molecule has 0 heterocycles. The average Bonchev–Trinajstić information content (AvgIpc) is 2.26. The number of nitrogens with zero attached hydrogens (tertiary/aromatic N) is 1. The molecule has 1 aromatic carbocycles. The monoisotopic (exact) mass is 232 g/mol. The SMILES string of the molecule is CNCc1ccc(N(C)CC2CCC2)cc1C. The predicted molar refractivity (Wildman–Crippen MR) is 74.6 cm³/mol. The number of nitrogens with one attached hydrogen (secondary N) is 1. The van der Waals surface area contributed by atoms with Gasteiger partial charge in [-0.2, -0.15) is 0 Å². The molecule has 1 aliphatic carbocycles. The van der Waals surface area contributed by atoms with E-state index < -0.39 is 0 Å². The standard InChI is InChI=1S/C15H24N2/c1-12-9-15(8-7-14(12)10-16-2)17(3)11-13-5-4-6-13/h7-9,13,16H,4-6,10-11H2,1-3H3. The van der Waals surface area contributed by atoms with Gasteiger partial charge in [-0.1, -0.05) is 12.5 Å². The smallest absolute Gasteiger partial charge is 0.0366 e. The van der Waals surface area contributed by atoms with Crippen LogP contribution in [0.15, 0.2) is 18.2 Å². The largest absolute Gasteiger partial charge is 0.374 e. The first-order valence-corrected chi connectivity index (χ1v) is 6.66. The van der Waals surface area contributed by atoms with Gasteiger partial charge in [-0.05, 0) is 56.0 Å². The number of aryl methyl sites for hydroxylation is 1. The first kappa shape index (κ1) is 12.4. The number of anilines is 1. The first-order chi connectivity index (χ1) is 8.20. The third kappa shape index (κ3) is 3.01. The molecular formula is C15H24N2. The molecule has 0 spiro atoms. The highest BCUT2D eigenvalue weighted by Gasteiger charge is 2.19. The molecule has 2 rings (SSSR count). The van der Waals surface area contributed by atoms with Gasteiger partial charge in [0.1, 0.15) is 0 Å². The Kier molecular flexibility index (Phi) is 4.06. The van der Waals surface area contributed by atoms with Crippen molar-refractivity contribution in [3.63, 3.8) is 0 Å². The molecule has 0 radical (unpaired) electrons. The Morgan fingerprint density at radius 1 is 1.35 bits per heavy atom. The summed E-state index contributed by atoms with van der Waals surface area (Å²) in [6, 6.07) is 6.81. The first-order valence-electron chi connectivity index (χ1n) is 6.66. The maximum Gasteiger partial charge on any atom is 0.0366 e. The van der Waals surface area contributed by atoms with E-state index in [9.17, 15) is 0 Å². The molecule has 0 aliphatic heterocycles. The highest BCUT2D eigenvalue weighted by atomic mass is 15.1. The van der Waals surface area contributed by atoms with Gasteiger partial charge < -0.3 is 10.2 Å². The average molecular weight is 232 g/mol. The second kappa shape index (κ2) is 5.54. The summed E-state index contributed by atoms with van der Waals surface area (Å²) >= 11 is 0. The summed E-state index contributed by atoms with van der Waals surface area (Å²) in [5.74, 6) is 0.928. The number of benzene rings is 1. The highest BCUT2D eigenvalue weighted by molar-refractivity contribution is 5.50. The van der Waals surface area contributed by atoms with Crippen molar-refractivity contribution in [1.82, 2.24) is 5.32 Å². The maximum atomic E-state index is 3.21. The van der Waals surface area contributed by atoms with Gasteiger partial charge in [-0.25, -0.2) is 0 Å². The minimum Gasteiger partial charge on any atom is -0.374 e. The fraction of sp³-hybridized carbons (Fsp3) is 0.600. The van der Waals surface area contributed by atoms with E-state index in [4.69, 9.17) is 0 Å². The van der Waals surface area contributed by atoms with Gasteiger partial charge in [0, 0.05) is 25.8 Å². The maximum absolute atomic E-state index is 3.21. The summed E-state index contributed by atoms with van der Waals surface area (Å²) in [6.07, 6.45) is 4.26. The van der Waals surface area contributed by atoms with Gasteiger partial charge in [-0.3, -0.25) is 0 Å². The van der Waals surface area contributed by atoms with Crippen LogP contribution < -0.4 is 10.2 Å². The molecule has 0 amide bonds. The van der Waals surface area contributed by atoms with Crippen molar-refractivity contribution in [3.8, 4) is 0 Å². The van der Waals surface area contributed by atoms with Gasteiger partial charge in [-0.15, -0.1) is 0 Å². The summed E-state index contributed by atoms with van der Waals surface area (Å²) in [7, 11) is 4.21. The molecule has 1 saturated carbocycles. The number of rotatable bonds is 5. The minimum absolute atomic E-state index is 0.928. The molecule has 2 nitrogen and oxygen atoms in total. The van der Waals surface area contributed by atoms with E-state index in [1.807, 2.05) is 7.05 Å². The lowest BCUT2D eigenvalue weighted by atomic mass is 9.85. The van der Waals surface area contributed by atoms with Gasteiger partial charge in [0.05, 0.1) is 0 Å². The number of hydrogen-bond donors (Lipinski definition) is 1. The van der Waals surface area contributed by atoms with Crippen LogP contribution in [0.3, 0.4) is 0 Å². The van der Waals surface area contributed by atoms with E-state index >= 15 is 0 Å². The molecule has 0 bridgehead atoms. The molecule has 0 saturated heterocycles. The molecule has 2 heteroatoms. The molecule has 94 valence electrons. The Morgan fingerprint density at radius 2 is 2.12 bits per heavy atom. The van der Waals surface area contributed by atoms with Crippen LogP contribution in [0.1, 0.15) is 30.4 Å². The van der Waals surface area contributed by atoms with Crippen molar-refractivity contribution < 1.29 is 0 Å². The molecule has 0 aromatic heterocycles. The van der Waals surface area contributed by atoms with E-state index in [0.717, 1.165) is 12.5 Å². The van der Waals surface area contributed by atoms with Crippen LogP contribution in [-0.2, 0) is 6.54 Å². The number of hydrogen-bond acceptors (Lipinski definition) is 2. The Bertz CT molecular complexity index is 369. The Hall–Kier alpha value is -1.02. The topological polar surface area (TPSA) is 15.3 Å². The van der Waals surface area contributed by atoms with Crippen LogP contribution in [0, 0.1) is 12.8 Å². The van der Waals surface area contributed by atoms with Crippen molar-refractivity contribution >= 4 is 5.69 Å². The van der Waals surface area contributed by atoms with Crippen molar-refractivity contribution in [1.29, 1.82) is 0 Å². The predicted octanol–water partition coefficient (Wildman–Crippen LogP) is 2.95.